The zero-order chi connectivity index (χ0) is 18.5. The Morgan fingerprint density at radius 3 is 2.58 bits per heavy atom. The number of benzene rings is 2. The van der Waals surface area contributed by atoms with Crippen molar-refractivity contribution in [3.05, 3.63) is 89.1 Å². The predicted octanol–water partition coefficient (Wildman–Crippen LogP) is 4.34. The van der Waals surface area contributed by atoms with Gasteiger partial charge in [-0.3, -0.25) is 4.79 Å². The number of hydrogen-bond acceptors (Lipinski definition) is 3. The maximum atomic E-state index is 13.2. The van der Waals surface area contributed by atoms with Gasteiger partial charge in [-0.1, -0.05) is 29.8 Å². The first-order valence-electron chi connectivity index (χ1n) is 8.03. The lowest BCUT2D eigenvalue weighted by Crippen LogP contribution is -2.22. The second-order valence-corrected chi connectivity index (χ2v) is 5.86. The summed E-state index contributed by atoms with van der Waals surface area (Å²) in [6.45, 7) is 2.42. The second kappa shape index (κ2) is 7.74. The number of carbonyl (C=O) groups excluding carboxylic acids is 1. The summed E-state index contributed by atoms with van der Waals surface area (Å²) in [5.74, 6) is -1.67. The molecule has 0 spiro atoms. The molecule has 0 radical (unpaired) electrons. The second-order valence-electron chi connectivity index (χ2n) is 5.86. The number of anilines is 2. The Morgan fingerprint density at radius 1 is 1.04 bits per heavy atom. The van der Waals surface area contributed by atoms with Crippen LogP contribution in [0.4, 0.5) is 20.3 Å². The Labute approximate surface area is 149 Å². The molecule has 0 atom stereocenters. The van der Waals surface area contributed by atoms with Crippen LogP contribution in [-0.2, 0) is 6.54 Å². The molecule has 3 aromatic rings. The molecule has 0 aliphatic rings. The molecule has 1 amide bonds. The fraction of sp³-hybridized carbons (Fsp3) is 0.100. The van der Waals surface area contributed by atoms with Crippen LogP contribution in [0.1, 0.15) is 21.5 Å². The fourth-order valence-electron chi connectivity index (χ4n) is 2.43. The number of aryl methyl sites for hydroxylation is 1. The summed E-state index contributed by atoms with van der Waals surface area (Å²) in [7, 11) is 0. The van der Waals surface area contributed by atoms with Crippen LogP contribution in [0.3, 0.4) is 0 Å². The van der Waals surface area contributed by atoms with E-state index in [1.807, 2.05) is 31.2 Å². The van der Waals surface area contributed by atoms with Crippen LogP contribution in [0.2, 0.25) is 0 Å². The largest absolute Gasteiger partial charge is 0.348 e. The predicted molar refractivity (Wildman–Crippen MR) is 96.2 cm³/mol. The topological polar surface area (TPSA) is 54.0 Å². The first kappa shape index (κ1) is 17.5. The fourth-order valence-corrected chi connectivity index (χ4v) is 2.43. The van der Waals surface area contributed by atoms with Crippen LogP contribution in [0.5, 0.6) is 0 Å². The number of pyridine rings is 1. The molecule has 1 aromatic heterocycles. The molecule has 2 aromatic carbocycles. The number of carbonyl (C=O) groups is 1. The van der Waals surface area contributed by atoms with Gasteiger partial charge in [-0.25, -0.2) is 13.8 Å². The summed E-state index contributed by atoms with van der Waals surface area (Å²) in [5.41, 5.74) is 2.93. The van der Waals surface area contributed by atoms with Crippen molar-refractivity contribution in [1.29, 1.82) is 0 Å². The Balaban J connectivity index is 1.61. The third-order valence-corrected chi connectivity index (χ3v) is 3.75. The first-order valence-corrected chi connectivity index (χ1v) is 8.03. The van der Waals surface area contributed by atoms with Gasteiger partial charge in [0.25, 0.3) is 5.91 Å². The Hall–Kier alpha value is -3.28. The highest BCUT2D eigenvalue weighted by Crippen LogP contribution is 2.17. The molecule has 0 aliphatic carbocycles. The maximum absolute atomic E-state index is 13.2. The van der Waals surface area contributed by atoms with E-state index in [1.54, 1.807) is 12.1 Å². The number of nitrogens with one attached hydrogen (secondary N) is 2. The van der Waals surface area contributed by atoms with Crippen molar-refractivity contribution in [1.82, 2.24) is 10.3 Å². The molecule has 0 saturated heterocycles. The van der Waals surface area contributed by atoms with E-state index < -0.39 is 11.6 Å². The average molecular weight is 353 g/mol. The molecule has 3 rings (SSSR count). The van der Waals surface area contributed by atoms with Crippen LogP contribution in [0.15, 0.2) is 60.8 Å². The van der Waals surface area contributed by atoms with E-state index >= 15 is 0 Å². The Kier molecular flexibility index (Phi) is 5.22. The average Bonchev–Trinajstić information content (AvgIpc) is 2.63. The molecule has 0 fully saturated rings. The molecular weight excluding hydrogens is 336 g/mol. The quantitative estimate of drug-likeness (QED) is 0.717. The van der Waals surface area contributed by atoms with E-state index in [0.29, 0.717) is 23.6 Å². The molecule has 6 heteroatoms. The van der Waals surface area contributed by atoms with Gasteiger partial charge in [-0.2, -0.15) is 0 Å². The van der Waals surface area contributed by atoms with Crippen molar-refractivity contribution in [2.24, 2.45) is 0 Å². The smallest absolute Gasteiger partial charge is 0.253 e. The van der Waals surface area contributed by atoms with Crippen LogP contribution in [0.25, 0.3) is 0 Å². The Morgan fingerprint density at radius 2 is 1.88 bits per heavy atom. The van der Waals surface area contributed by atoms with E-state index in [2.05, 4.69) is 15.6 Å². The minimum absolute atomic E-state index is 0.238. The SMILES string of the molecule is Cc1cccc(CNC(=O)c2ccc(Nc3ccc(F)c(F)c3)nc2)c1. The highest BCUT2D eigenvalue weighted by atomic mass is 19.2. The Bertz CT molecular complexity index is 927. The molecule has 2 N–H and O–H groups in total. The normalized spacial score (nSPS) is 10.4. The van der Waals surface area contributed by atoms with Gasteiger partial charge in [0.1, 0.15) is 5.82 Å². The van der Waals surface area contributed by atoms with Gasteiger partial charge in [0.2, 0.25) is 0 Å². The molecule has 0 aliphatic heterocycles. The molecule has 26 heavy (non-hydrogen) atoms. The van der Waals surface area contributed by atoms with E-state index in [0.717, 1.165) is 23.3 Å². The molecule has 1 heterocycles. The van der Waals surface area contributed by atoms with E-state index in [-0.39, 0.29) is 5.91 Å². The zero-order valence-corrected chi connectivity index (χ0v) is 14.1. The van der Waals surface area contributed by atoms with Gasteiger partial charge in [-0.05, 0) is 36.8 Å². The lowest BCUT2D eigenvalue weighted by molar-refractivity contribution is 0.0950. The number of rotatable bonds is 5. The highest BCUT2D eigenvalue weighted by Gasteiger charge is 2.07. The number of halogens is 2. The molecule has 0 saturated carbocycles. The van der Waals surface area contributed by atoms with Crippen LogP contribution < -0.4 is 10.6 Å². The summed E-state index contributed by atoms with van der Waals surface area (Å²) in [6, 6.07) is 14.6. The van der Waals surface area contributed by atoms with Gasteiger partial charge in [0.05, 0.1) is 5.56 Å². The molecule has 4 nitrogen and oxygen atoms in total. The standard InChI is InChI=1S/C20H17F2N3O/c1-13-3-2-4-14(9-13)11-24-20(26)15-5-8-19(23-12-15)25-16-6-7-17(21)18(22)10-16/h2-10,12H,11H2,1H3,(H,23,25)(H,24,26). The summed E-state index contributed by atoms with van der Waals surface area (Å²) in [4.78, 5) is 16.3. The maximum Gasteiger partial charge on any atom is 0.253 e. The third kappa shape index (κ3) is 4.42. The lowest BCUT2D eigenvalue weighted by atomic mass is 10.1. The van der Waals surface area contributed by atoms with Gasteiger partial charge in [-0.15, -0.1) is 0 Å². The van der Waals surface area contributed by atoms with Crippen molar-refractivity contribution in [3.63, 3.8) is 0 Å². The van der Waals surface area contributed by atoms with Crippen molar-refractivity contribution >= 4 is 17.4 Å². The summed E-state index contributed by atoms with van der Waals surface area (Å²) in [5, 5.41) is 5.69. The zero-order valence-electron chi connectivity index (χ0n) is 14.1. The van der Waals surface area contributed by atoms with Crippen molar-refractivity contribution < 1.29 is 13.6 Å². The number of amides is 1. The van der Waals surface area contributed by atoms with E-state index in [4.69, 9.17) is 0 Å². The van der Waals surface area contributed by atoms with Crippen molar-refractivity contribution in [3.8, 4) is 0 Å². The molecular formula is C20H17F2N3O. The van der Waals surface area contributed by atoms with Gasteiger partial charge >= 0.3 is 0 Å². The van der Waals surface area contributed by atoms with Crippen molar-refractivity contribution in [2.45, 2.75) is 13.5 Å². The van der Waals surface area contributed by atoms with E-state index in [1.165, 1.54) is 12.3 Å². The van der Waals surface area contributed by atoms with Gasteiger partial charge in [0, 0.05) is 24.5 Å². The minimum atomic E-state index is -0.942. The van der Waals surface area contributed by atoms with Crippen LogP contribution >= 0.6 is 0 Å². The summed E-state index contributed by atoms with van der Waals surface area (Å²) >= 11 is 0. The first-order chi connectivity index (χ1) is 12.5. The molecule has 132 valence electrons. The monoisotopic (exact) mass is 353 g/mol. The summed E-state index contributed by atoms with van der Waals surface area (Å²) in [6.07, 6.45) is 1.42. The molecule has 0 unspecified atom stereocenters. The van der Waals surface area contributed by atoms with Gasteiger partial charge in [0.15, 0.2) is 11.6 Å². The number of nitrogens with zero attached hydrogens (tertiary/aromatic N) is 1. The highest BCUT2D eigenvalue weighted by molar-refractivity contribution is 5.94. The molecule has 0 bridgehead atoms. The number of hydrogen-bond donors (Lipinski definition) is 2. The minimum Gasteiger partial charge on any atom is -0.348 e. The van der Waals surface area contributed by atoms with Crippen LogP contribution in [0, 0.1) is 18.6 Å². The third-order valence-electron chi connectivity index (χ3n) is 3.75. The van der Waals surface area contributed by atoms with Gasteiger partial charge < -0.3 is 10.6 Å². The lowest BCUT2D eigenvalue weighted by Gasteiger charge is -2.08. The van der Waals surface area contributed by atoms with Crippen molar-refractivity contribution in [2.75, 3.05) is 5.32 Å². The van der Waals surface area contributed by atoms with E-state index in [9.17, 15) is 13.6 Å². The number of aromatic nitrogens is 1. The summed E-state index contributed by atoms with van der Waals surface area (Å²) < 4.78 is 26.1. The van der Waals surface area contributed by atoms with Crippen LogP contribution in [-0.4, -0.2) is 10.9 Å².